The second-order valence-corrected chi connectivity index (χ2v) is 4.23. The Morgan fingerprint density at radius 3 is 2.61 bits per heavy atom. The van der Waals surface area contributed by atoms with E-state index < -0.39 is 17.7 Å². The molecule has 1 saturated heterocycles. The molecule has 2 rings (SSSR count). The fourth-order valence-corrected chi connectivity index (χ4v) is 1.95. The number of likely N-dealkylation sites (tertiary alicyclic amines) is 1. The van der Waals surface area contributed by atoms with E-state index >= 15 is 0 Å². The van der Waals surface area contributed by atoms with Gasteiger partial charge in [0, 0.05) is 12.6 Å². The molecular formula is C12H13F2NO3. The number of rotatable bonds is 3. The van der Waals surface area contributed by atoms with Crippen molar-refractivity contribution in [2.45, 2.75) is 19.1 Å². The molecule has 1 aromatic carbocycles. The van der Waals surface area contributed by atoms with Gasteiger partial charge in [0.05, 0.1) is 19.3 Å². The van der Waals surface area contributed by atoms with Crippen molar-refractivity contribution in [1.82, 2.24) is 4.90 Å². The van der Waals surface area contributed by atoms with Gasteiger partial charge in [0.15, 0.2) is 0 Å². The van der Waals surface area contributed by atoms with E-state index in [1.165, 1.54) is 17.0 Å². The van der Waals surface area contributed by atoms with Gasteiger partial charge in [0.25, 0.3) is 0 Å². The predicted molar refractivity (Wildman–Crippen MR) is 59.1 cm³/mol. The Morgan fingerprint density at radius 2 is 2.06 bits per heavy atom. The first-order chi connectivity index (χ1) is 8.54. The van der Waals surface area contributed by atoms with Crippen LogP contribution >= 0.6 is 0 Å². The van der Waals surface area contributed by atoms with Crippen molar-refractivity contribution in [2.24, 2.45) is 0 Å². The van der Waals surface area contributed by atoms with Gasteiger partial charge in [-0.05, 0) is 24.1 Å². The summed E-state index contributed by atoms with van der Waals surface area (Å²) < 4.78 is 31.3. The highest BCUT2D eigenvalue weighted by Crippen LogP contribution is 2.16. The van der Waals surface area contributed by atoms with E-state index in [-0.39, 0.29) is 12.7 Å². The Morgan fingerprint density at radius 1 is 1.39 bits per heavy atom. The van der Waals surface area contributed by atoms with Gasteiger partial charge in [-0.1, -0.05) is 0 Å². The molecule has 1 aliphatic rings. The van der Waals surface area contributed by atoms with Crippen molar-refractivity contribution >= 4 is 6.09 Å². The lowest BCUT2D eigenvalue weighted by atomic mass is 10.2. The topological polar surface area (TPSA) is 49.8 Å². The molecule has 1 fully saturated rings. The molecule has 1 aromatic rings. The minimum atomic E-state index is -0.974. The molecule has 0 aromatic heterocycles. The number of hydrogen-bond acceptors (Lipinski definition) is 2. The van der Waals surface area contributed by atoms with E-state index in [1.807, 2.05) is 0 Å². The van der Waals surface area contributed by atoms with Crippen LogP contribution < -0.4 is 0 Å². The van der Waals surface area contributed by atoms with Crippen LogP contribution in [0.2, 0.25) is 0 Å². The SMILES string of the molecule is O=C(O)N1CCC(OCc2cc(F)cc(F)c2)C1. The Kier molecular flexibility index (Phi) is 3.76. The number of halogens is 2. The molecule has 6 heteroatoms. The Balaban J connectivity index is 1.87. The molecule has 0 radical (unpaired) electrons. The maximum absolute atomic E-state index is 12.9. The van der Waals surface area contributed by atoms with E-state index in [0.29, 0.717) is 25.1 Å². The Hall–Kier alpha value is -1.69. The third-order valence-corrected chi connectivity index (χ3v) is 2.82. The van der Waals surface area contributed by atoms with E-state index in [4.69, 9.17) is 9.84 Å². The third-order valence-electron chi connectivity index (χ3n) is 2.82. The van der Waals surface area contributed by atoms with Gasteiger partial charge >= 0.3 is 6.09 Å². The van der Waals surface area contributed by atoms with Crippen LogP contribution in [0.15, 0.2) is 18.2 Å². The average Bonchev–Trinajstić information content (AvgIpc) is 2.73. The summed E-state index contributed by atoms with van der Waals surface area (Å²) in [6.07, 6.45) is -0.588. The molecule has 1 amide bonds. The number of hydrogen-bond donors (Lipinski definition) is 1. The molecule has 0 aliphatic carbocycles. The lowest BCUT2D eigenvalue weighted by Crippen LogP contribution is -2.28. The van der Waals surface area contributed by atoms with Gasteiger partial charge in [-0.25, -0.2) is 13.6 Å². The average molecular weight is 257 g/mol. The lowest BCUT2D eigenvalue weighted by molar-refractivity contribution is 0.0463. The minimum Gasteiger partial charge on any atom is -0.465 e. The fourth-order valence-electron chi connectivity index (χ4n) is 1.95. The van der Waals surface area contributed by atoms with Crippen LogP contribution in [0.4, 0.5) is 13.6 Å². The maximum Gasteiger partial charge on any atom is 0.407 e. The van der Waals surface area contributed by atoms with E-state index in [2.05, 4.69) is 0 Å². The van der Waals surface area contributed by atoms with Crippen LogP contribution in [0, 0.1) is 11.6 Å². The van der Waals surface area contributed by atoms with Crippen molar-refractivity contribution in [3.8, 4) is 0 Å². The number of benzene rings is 1. The molecule has 1 heterocycles. The standard InChI is InChI=1S/C12H13F2NO3/c13-9-3-8(4-10(14)5-9)7-18-11-1-2-15(6-11)12(16)17/h3-5,11H,1-2,6-7H2,(H,16,17). The number of ether oxygens (including phenoxy) is 1. The zero-order valence-corrected chi connectivity index (χ0v) is 9.60. The molecule has 0 spiro atoms. The van der Waals surface area contributed by atoms with E-state index in [9.17, 15) is 13.6 Å². The highest BCUT2D eigenvalue weighted by Gasteiger charge is 2.26. The molecule has 4 nitrogen and oxygen atoms in total. The van der Waals surface area contributed by atoms with Gasteiger partial charge in [-0.15, -0.1) is 0 Å². The summed E-state index contributed by atoms with van der Waals surface area (Å²) in [5.41, 5.74) is 0.404. The predicted octanol–water partition coefficient (Wildman–Crippen LogP) is 2.23. The summed E-state index contributed by atoms with van der Waals surface area (Å²) in [5, 5.41) is 8.76. The summed E-state index contributed by atoms with van der Waals surface area (Å²) in [6, 6.07) is 3.20. The van der Waals surface area contributed by atoms with Crippen LogP contribution in [-0.4, -0.2) is 35.3 Å². The van der Waals surface area contributed by atoms with E-state index in [1.54, 1.807) is 0 Å². The van der Waals surface area contributed by atoms with Crippen molar-refractivity contribution in [3.63, 3.8) is 0 Å². The normalized spacial score (nSPS) is 19.2. The number of nitrogens with zero attached hydrogens (tertiary/aromatic N) is 1. The second kappa shape index (κ2) is 5.30. The van der Waals surface area contributed by atoms with Crippen LogP contribution in [0.5, 0.6) is 0 Å². The molecule has 0 bridgehead atoms. The molecular weight excluding hydrogens is 244 g/mol. The highest BCUT2D eigenvalue weighted by molar-refractivity contribution is 5.65. The monoisotopic (exact) mass is 257 g/mol. The van der Waals surface area contributed by atoms with Crippen LogP contribution in [0.25, 0.3) is 0 Å². The molecule has 1 atom stereocenters. The molecule has 1 unspecified atom stereocenters. The zero-order chi connectivity index (χ0) is 13.1. The van der Waals surface area contributed by atoms with Crippen LogP contribution in [0.3, 0.4) is 0 Å². The maximum atomic E-state index is 12.9. The summed E-state index contributed by atoms with van der Waals surface area (Å²) in [5.74, 6) is -1.29. The highest BCUT2D eigenvalue weighted by atomic mass is 19.1. The second-order valence-electron chi connectivity index (χ2n) is 4.23. The molecule has 18 heavy (non-hydrogen) atoms. The van der Waals surface area contributed by atoms with E-state index in [0.717, 1.165) is 6.07 Å². The summed E-state index contributed by atoms with van der Waals surface area (Å²) >= 11 is 0. The minimum absolute atomic E-state index is 0.0762. The van der Waals surface area contributed by atoms with Gasteiger partial charge < -0.3 is 14.7 Å². The first-order valence-electron chi connectivity index (χ1n) is 5.59. The smallest absolute Gasteiger partial charge is 0.407 e. The number of carbonyl (C=O) groups is 1. The number of carboxylic acid groups (broad SMARTS) is 1. The zero-order valence-electron chi connectivity index (χ0n) is 9.60. The van der Waals surface area contributed by atoms with Crippen molar-refractivity contribution < 1.29 is 23.4 Å². The number of amides is 1. The molecule has 98 valence electrons. The molecule has 1 N–H and O–H groups in total. The molecule has 1 aliphatic heterocycles. The van der Waals surface area contributed by atoms with Gasteiger partial charge in [0.2, 0.25) is 0 Å². The summed E-state index contributed by atoms with van der Waals surface area (Å²) in [7, 11) is 0. The Labute approximate surface area is 103 Å². The van der Waals surface area contributed by atoms with Crippen molar-refractivity contribution in [3.05, 3.63) is 35.4 Å². The first kappa shape index (κ1) is 12.8. The van der Waals surface area contributed by atoms with Gasteiger partial charge in [-0.3, -0.25) is 0 Å². The largest absolute Gasteiger partial charge is 0.465 e. The Bertz CT molecular complexity index is 433. The first-order valence-corrected chi connectivity index (χ1v) is 5.59. The van der Waals surface area contributed by atoms with Gasteiger partial charge in [-0.2, -0.15) is 0 Å². The van der Waals surface area contributed by atoms with Gasteiger partial charge in [0.1, 0.15) is 11.6 Å². The van der Waals surface area contributed by atoms with Crippen LogP contribution in [-0.2, 0) is 11.3 Å². The quantitative estimate of drug-likeness (QED) is 0.903. The third kappa shape index (κ3) is 3.16. The fraction of sp³-hybridized carbons (Fsp3) is 0.417. The lowest BCUT2D eigenvalue weighted by Gasteiger charge is -2.13. The van der Waals surface area contributed by atoms with Crippen molar-refractivity contribution in [1.29, 1.82) is 0 Å². The summed E-state index contributed by atoms with van der Waals surface area (Å²) in [4.78, 5) is 11.9. The van der Waals surface area contributed by atoms with Crippen molar-refractivity contribution in [2.75, 3.05) is 13.1 Å². The summed E-state index contributed by atoms with van der Waals surface area (Å²) in [6.45, 7) is 0.803. The van der Waals surface area contributed by atoms with Crippen LogP contribution in [0.1, 0.15) is 12.0 Å². The molecule has 0 saturated carbocycles.